The van der Waals surface area contributed by atoms with Crippen LogP contribution in [0.1, 0.15) is 50.7 Å². The molecule has 2 rings (SSSR count). The predicted molar refractivity (Wildman–Crippen MR) is 75.0 cm³/mol. The number of fused-ring (bicyclic) bond motifs is 1. The van der Waals surface area contributed by atoms with Gasteiger partial charge < -0.3 is 9.84 Å². The number of ether oxygens (including phenoxy) is 1. The van der Waals surface area contributed by atoms with Gasteiger partial charge in [0.15, 0.2) is 0 Å². The molecule has 1 aliphatic rings. The molecule has 1 aliphatic heterocycles. The van der Waals surface area contributed by atoms with Crippen LogP contribution in [0.2, 0.25) is 0 Å². The molecule has 1 aromatic carbocycles. The summed E-state index contributed by atoms with van der Waals surface area (Å²) in [6.45, 7) is 4.43. The van der Waals surface area contributed by atoms with Crippen LogP contribution in [0.15, 0.2) is 18.2 Å². The zero-order valence-corrected chi connectivity index (χ0v) is 12.3. The van der Waals surface area contributed by atoms with Gasteiger partial charge in [-0.1, -0.05) is 13.8 Å². The van der Waals surface area contributed by atoms with Crippen LogP contribution in [-0.2, 0) is 16.1 Å². The molecule has 0 amide bonds. The number of carbonyl (C=O) groups is 1. The van der Waals surface area contributed by atoms with Crippen molar-refractivity contribution in [3.8, 4) is 5.75 Å². The van der Waals surface area contributed by atoms with E-state index >= 15 is 0 Å². The maximum absolute atomic E-state index is 14.2. The van der Waals surface area contributed by atoms with Crippen molar-refractivity contribution in [2.45, 2.75) is 50.9 Å². The normalized spacial score (nSPS) is 16.4. The summed E-state index contributed by atoms with van der Waals surface area (Å²) < 4.78 is 33.9. The lowest BCUT2D eigenvalue weighted by Crippen LogP contribution is -2.19. The Hall–Kier alpha value is -1.65. The molecule has 1 heterocycles. The number of halogens is 2. The fourth-order valence-electron chi connectivity index (χ4n) is 2.52. The van der Waals surface area contributed by atoms with Crippen LogP contribution in [0.25, 0.3) is 0 Å². The van der Waals surface area contributed by atoms with E-state index in [0.29, 0.717) is 12.4 Å². The number of rotatable bonds is 6. The summed E-state index contributed by atoms with van der Waals surface area (Å²) in [6, 6.07) is 4.53. The highest BCUT2D eigenvalue weighted by atomic mass is 19.3. The van der Waals surface area contributed by atoms with E-state index in [1.165, 1.54) is 12.1 Å². The first kappa shape index (κ1) is 15.7. The van der Waals surface area contributed by atoms with Crippen LogP contribution in [0.5, 0.6) is 5.75 Å². The van der Waals surface area contributed by atoms with Crippen LogP contribution in [0, 0.1) is 0 Å². The molecule has 1 N–H and O–H groups in total. The van der Waals surface area contributed by atoms with Gasteiger partial charge in [-0.2, -0.15) is 0 Å². The smallest absolute Gasteiger partial charge is 0.303 e. The van der Waals surface area contributed by atoms with Gasteiger partial charge in [-0.05, 0) is 31.0 Å². The number of carboxylic acids is 1. The minimum Gasteiger partial charge on any atom is -0.492 e. The molecule has 0 aromatic heterocycles. The molecule has 0 saturated carbocycles. The van der Waals surface area contributed by atoms with E-state index in [-0.39, 0.29) is 36.7 Å². The average Bonchev–Trinajstić information content (AvgIpc) is 2.70. The highest BCUT2D eigenvalue weighted by molar-refractivity contribution is 5.66. The number of unbranched alkanes of at least 4 members (excludes halogenated alkanes) is 1. The first-order valence-corrected chi connectivity index (χ1v) is 7.10. The Morgan fingerprint density at radius 1 is 1.38 bits per heavy atom. The number of alkyl halides is 2. The topological polar surface area (TPSA) is 46.5 Å². The maximum atomic E-state index is 14.2. The summed E-state index contributed by atoms with van der Waals surface area (Å²) in [5.41, 5.74) is 0.533. The zero-order valence-electron chi connectivity index (χ0n) is 12.3. The summed E-state index contributed by atoms with van der Waals surface area (Å²) in [6.07, 6.45) is 0.0578. The van der Waals surface area contributed by atoms with Gasteiger partial charge in [-0.3, -0.25) is 4.79 Å². The average molecular weight is 298 g/mol. The van der Waals surface area contributed by atoms with Gasteiger partial charge in [0.25, 0.3) is 5.92 Å². The number of carboxylic acid groups (broad SMARTS) is 1. The minimum atomic E-state index is -2.94. The highest BCUT2D eigenvalue weighted by Gasteiger charge is 2.36. The molecule has 0 spiro atoms. The monoisotopic (exact) mass is 298 g/mol. The summed E-state index contributed by atoms with van der Waals surface area (Å²) in [5.74, 6) is -3.22. The Bertz CT molecular complexity index is 538. The van der Waals surface area contributed by atoms with Gasteiger partial charge in [-0.25, -0.2) is 8.78 Å². The van der Waals surface area contributed by atoms with Crippen molar-refractivity contribution in [1.82, 2.24) is 0 Å². The molecule has 0 radical (unpaired) electrons. The maximum Gasteiger partial charge on any atom is 0.303 e. The molecule has 0 unspecified atom stereocenters. The van der Waals surface area contributed by atoms with E-state index in [2.05, 4.69) is 0 Å². The molecule has 0 fully saturated rings. The largest absolute Gasteiger partial charge is 0.492 e. The predicted octanol–water partition coefficient (Wildman–Crippen LogP) is 4.09. The standard InChI is InChI=1S/C16H20F2O3/c1-15(2)10-21-13-7-6-11(9-12(13)15)16(17,18)8-4-3-5-14(19)20/h6-7,9H,3-5,8,10H2,1-2H3,(H,19,20). The van der Waals surface area contributed by atoms with Crippen molar-refractivity contribution in [3.05, 3.63) is 29.3 Å². The van der Waals surface area contributed by atoms with Gasteiger partial charge in [0.1, 0.15) is 5.75 Å². The van der Waals surface area contributed by atoms with Gasteiger partial charge in [0.2, 0.25) is 0 Å². The van der Waals surface area contributed by atoms with Crippen LogP contribution in [0.4, 0.5) is 8.78 Å². The summed E-state index contributed by atoms with van der Waals surface area (Å²) in [7, 11) is 0. The third kappa shape index (κ3) is 3.52. The fraction of sp³-hybridized carbons (Fsp3) is 0.562. The van der Waals surface area contributed by atoms with E-state index in [9.17, 15) is 13.6 Å². The quantitative estimate of drug-likeness (QED) is 0.804. The van der Waals surface area contributed by atoms with Crippen molar-refractivity contribution >= 4 is 5.97 Å². The second-order valence-electron chi connectivity index (χ2n) is 6.19. The van der Waals surface area contributed by atoms with Crippen molar-refractivity contribution in [1.29, 1.82) is 0 Å². The zero-order chi connectivity index (χ0) is 15.7. The first-order chi connectivity index (χ1) is 9.72. The molecule has 0 atom stereocenters. The van der Waals surface area contributed by atoms with Gasteiger partial charge in [0.05, 0.1) is 6.61 Å². The van der Waals surface area contributed by atoms with Crippen molar-refractivity contribution in [3.63, 3.8) is 0 Å². The Labute approximate surface area is 122 Å². The molecule has 21 heavy (non-hydrogen) atoms. The lowest BCUT2D eigenvalue weighted by atomic mass is 9.85. The van der Waals surface area contributed by atoms with Crippen molar-refractivity contribution in [2.24, 2.45) is 0 Å². The minimum absolute atomic E-state index is 0.0184. The summed E-state index contributed by atoms with van der Waals surface area (Å²) in [5, 5.41) is 8.52. The lowest BCUT2D eigenvalue weighted by molar-refractivity contribution is -0.137. The molecule has 0 bridgehead atoms. The molecule has 1 aromatic rings. The fourth-order valence-corrected chi connectivity index (χ4v) is 2.52. The van der Waals surface area contributed by atoms with Gasteiger partial charge >= 0.3 is 5.97 Å². The lowest BCUT2D eigenvalue weighted by Gasteiger charge is -2.20. The molecule has 5 heteroatoms. The summed E-state index contributed by atoms with van der Waals surface area (Å²) in [4.78, 5) is 10.4. The third-order valence-corrected chi connectivity index (χ3v) is 3.85. The van der Waals surface area contributed by atoms with Gasteiger partial charge in [-0.15, -0.1) is 0 Å². The second kappa shape index (κ2) is 5.62. The molecule has 3 nitrogen and oxygen atoms in total. The Morgan fingerprint density at radius 2 is 2.10 bits per heavy atom. The van der Waals surface area contributed by atoms with E-state index in [0.717, 1.165) is 5.56 Å². The number of hydrogen-bond donors (Lipinski definition) is 1. The van der Waals surface area contributed by atoms with E-state index in [1.54, 1.807) is 6.07 Å². The van der Waals surface area contributed by atoms with E-state index in [4.69, 9.17) is 9.84 Å². The van der Waals surface area contributed by atoms with E-state index in [1.807, 2.05) is 13.8 Å². The van der Waals surface area contributed by atoms with Crippen LogP contribution in [0.3, 0.4) is 0 Å². The molecule has 0 aliphatic carbocycles. The SMILES string of the molecule is CC1(C)COc2ccc(C(F)(F)CCCCC(=O)O)cc21. The van der Waals surface area contributed by atoms with Crippen LogP contribution < -0.4 is 4.74 Å². The number of hydrogen-bond acceptors (Lipinski definition) is 2. The number of aliphatic carboxylic acids is 1. The first-order valence-electron chi connectivity index (χ1n) is 7.10. The van der Waals surface area contributed by atoms with Gasteiger partial charge in [0, 0.05) is 29.4 Å². The molecule has 0 saturated heterocycles. The van der Waals surface area contributed by atoms with Crippen LogP contribution >= 0.6 is 0 Å². The van der Waals surface area contributed by atoms with Crippen molar-refractivity contribution in [2.75, 3.05) is 6.61 Å². The van der Waals surface area contributed by atoms with Crippen molar-refractivity contribution < 1.29 is 23.4 Å². The molecule has 116 valence electrons. The Morgan fingerprint density at radius 3 is 2.76 bits per heavy atom. The number of benzene rings is 1. The molecular weight excluding hydrogens is 278 g/mol. The van der Waals surface area contributed by atoms with Crippen LogP contribution in [-0.4, -0.2) is 17.7 Å². The highest BCUT2D eigenvalue weighted by Crippen LogP contribution is 2.42. The Balaban J connectivity index is 2.08. The molecular formula is C16H20F2O3. The second-order valence-corrected chi connectivity index (χ2v) is 6.19. The third-order valence-electron chi connectivity index (χ3n) is 3.85. The summed E-state index contributed by atoms with van der Waals surface area (Å²) >= 11 is 0. The van der Waals surface area contributed by atoms with E-state index < -0.39 is 11.9 Å². The Kier molecular flexibility index (Phi) is 4.21.